The van der Waals surface area contributed by atoms with Crippen molar-refractivity contribution in [2.45, 2.75) is 4.90 Å². The monoisotopic (exact) mass is 211 g/mol. The van der Waals surface area contributed by atoms with Crippen LogP contribution in [0.5, 0.6) is 0 Å². The number of nitrogens with zero attached hydrogens (tertiary/aromatic N) is 1. The van der Waals surface area contributed by atoms with Crippen molar-refractivity contribution in [3.05, 3.63) is 36.0 Å². The second-order valence-corrected chi connectivity index (χ2v) is 5.00. The summed E-state index contributed by atoms with van der Waals surface area (Å²) in [6, 6.07) is 6.36. The van der Waals surface area contributed by atoms with Gasteiger partial charge in [-0.15, -0.1) is 0 Å². The first kappa shape index (κ1) is 9.08. The van der Waals surface area contributed by atoms with E-state index in [-0.39, 0.29) is 10.7 Å². The van der Waals surface area contributed by atoms with E-state index in [0.717, 1.165) is 4.31 Å². The third-order valence-electron chi connectivity index (χ3n) is 2.12. The molecule has 0 aromatic heterocycles. The summed E-state index contributed by atoms with van der Waals surface area (Å²) < 4.78 is 24.4. The first-order valence-electron chi connectivity index (χ1n) is 4.02. The molecule has 1 aliphatic heterocycles. The Bertz CT molecular complexity index is 505. The smallest absolute Gasteiger partial charge is 0.264 e. The quantitative estimate of drug-likeness (QED) is 0.701. The summed E-state index contributed by atoms with van der Waals surface area (Å²) in [4.78, 5) is 0.141. The summed E-state index contributed by atoms with van der Waals surface area (Å²) in [6.45, 7) is 0. The number of aliphatic hydroxyl groups is 1. The number of hydrogen-bond donors (Lipinski definition) is 1. The molecule has 0 fully saturated rings. The van der Waals surface area contributed by atoms with Crippen LogP contribution in [0, 0.1) is 0 Å². The third-order valence-corrected chi connectivity index (χ3v) is 3.90. The molecular formula is C9H9NO3S. The van der Waals surface area contributed by atoms with Gasteiger partial charge >= 0.3 is 0 Å². The lowest BCUT2D eigenvalue weighted by Gasteiger charge is -2.22. The highest BCUT2D eigenvalue weighted by molar-refractivity contribution is 7.89. The molecule has 0 saturated carbocycles. The standard InChI is InChI=1S/C9H9NO3S/c1-10-6-8(11)7-4-2-3-5-9(7)14(10,12)13/h2-6,11H,1H3. The van der Waals surface area contributed by atoms with E-state index < -0.39 is 10.0 Å². The van der Waals surface area contributed by atoms with E-state index in [1.807, 2.05) is 0 Å². The molecule has 0 amide bonds. The molecule has 2 rings (SSSR count). The lowest BCUT2D eigenvalue weighted by Crippen LogP contribution is -2.26. The van der Waals surface area contributed by atoms with Crippen LogP contribution in [-0.2, 0) is 10.0 Å². The molecule has 0 atom stereocenters. The van der Waals surface area contributed by atoms with Crippen LogP contribution in [0.1, 0.15) is 5.56 Å². The van der Waals surface area contributed by atoms with Gasteiger partial charge in [0.1, 0.15) is 5.76 Å². The third kappa shape index (κ3) is 1.09. The van der Waals surface area contributed by atoms with Crippen molar-refractivity contribution < 1.29 is 13.5 Å². The predicted molar refractivity (Wildman–Crippen MR) is 52.0 cm³/mol. The zero-order valence-electron chi connectivity index (χ0n) is 7.51. The van der Waals surface area contributed by atoms with Gasteiger partial charge in [0.05, 0.1) is 11.1 Å². The normalized spacial score (nSPS) is 18.6. The molecule has 0 saturated heterocycles. The van der Waals surface area contributed by atoms with E-state index in [4.69, 9.17) is 0 Å². The Kier molecular flexibility index (Phi) is 1.78. The summed E-state index contributed by atoms with van der Waals surface area (Å²) in [7, 11) is -2.07. The molecule has 1 aromatic carbocycles. The van der Waals surface area contributed by atoms with Crippen LogP contribution in [-0.4, -0.2) is 24.9 Å². The fourth-order valence-corrected chi connectivity index (χ4v) is 2.62. The largest absolute Gasteiger partial charge is 0.506 e. The van der Waals surface area contributed by atoms with Crippen LogP contribution in [0.25, 0.3) is 5.76 Å². The number of aliphatic hydroxyl groups excluding tert-OH is 1. The molecule has 0 bridgehead atoms. The first-order valence-corrected chi connectivity index (χ1v) is 5.46. The molecule has 74 valence electrons. The summed E-state index contributed by atoms with van der Waals surface area (Å²) >= 11 is 0. The topological polar surface area (TPSA) is 57.6 Å². The lowest BCUT2D eigenvalue weighted by molar-refractivity contribution is 0.479. The maximum Gasteiger partial charge on any atom is 0.264 e. The average molecular weight is 211 g/mol. The maximum atomic E-state index is 11.7. The highest BCUT2D eigenvalue weighted by Gasteiger charge is 2.27. The molecule has 5 heteroatoms. The van der Waals surface area contributed by atoms with E-state index in [0.29, 0.717) is 5.56 Å². The van der Waals surface area contributed by atoms with Crippen LogP contribution >= 0.6 is 0 Å². The fourth-order valence-electron chi connectivity index (χ4n) is 1.37. The zero-order valence-corrected chi connectivity index (χ0v) is 8.32. The Morgan fingerprint density at radius 1 is 1.29 bits per heavy atom. The van der Waals surface area contributed by atoms with Gasteiger partial charge in [-0.1, -0.05) is 12.1 Å². The van der Waals surface area contributed by atoms with Crippen LogP contribution in [0.15, 0.2) is 35.4 Å². The summed E-state index contributed by atoms with van der Waals surface area (Å²) in [5, 5.41) is 9.52. The highest BCUT2D eigenvalue weighted by atomic mass is 32.2. The fraction of sp³-hybridized carbons (Fsp3) is 0.111. The molecule has 1 N–H and O–H groups in total. The van der Waals surface area contributed by atoms with Crippen molar-refractivity contribution in [2.75, 3.05) is 7.05 Å². The van der Waals surface area contributed by atoms with Crippen molar-refractivity contribution in [1.29, 1.82) is 0 Å². The molecule has 14 heavy (non-hydrogen) atoms. The van der Waals surface area contributed by atoms with Gasteiger partial charge in [0.25, 0.3) is 10.0 Å². The second-order valence-electron chi connectivity index (χ2n) is 3.03. The van der Waals surface area contributed by atoms with Gasteiger partial charge in [0.2, 0.25) is 0 Å². The molecule has 0 unspecified atom stereocenters. The maximum absolute atomic E-state index is 11.7. The molecule has 1 aliphatic rings. The van der Waals surface area contributed by atoms with E-state index in [9.17, 15) is 13.5 Å². The zero-order chi connectivity index (χ0) is 10.3. The van der Waals surface area contributed by atoms with E-state index in [1.54, 1.807) is 18.2 Å². The van der Waals surface area contributed by atoms with Gasteiger partial charge in [-0.25, -0.2) is 8.42 Å². The van der Waals surface area contributed by atoms with Crippen LogP contribution in [0.2, 0.25) is 0 Å². The number of sulfonamides is 1. The molecule has 4 nitrogen and oxygen atoms in total. The number of benzene rings is 1. The van der Waals surface area contributed by atoms with Crippen molar-refractivity contribution in [1.82, 2.24) is 4.31 Å². The van der Waals surface area contributed by atoms with E-state index in [1.165, 1.54) is 19.3 Å². The van der Waals surface area contributed by atoms with Gasteiger partial charge in [-0.3, -0.25) is 4.31 Å². The number of hydrogen-bond acceptors (Lipinski definition) is 3. The minimum atomic E-state index is -3.46. The van der Waals surface area contributed by atoms with Gasteiger partial charge in [0.15, 0.2) is 0 Å². The molecule has 1 aromatic rings. The average Bonchev–Trinajstić information content (AvgIpc) is 2.16. The SMILES string of the molecule is CN1C=C(O)c2ccccc2S1(=O)=O. The van der Waals surface area contributed by atoms with Gasteiger partial charge < -0.3 is 5.11 Å². The van der Waals surface area contributed by atoms with Gasteiger partial charge in [-0.2, -0.15) is 0 Å². The van der Waals surface area contributed by atoms with E-state index in [2.05, 4.69) is 0 Å². The van der Waals surface area contributed by atoms with Crippen molar-refractivity contribution in [2.24, 2.45) is 0 Å². The first-order chi connectivity index (χ1) is 6.53. The van der Waals surface area contributed by atoms with Crippen molar-refractivity contribution in [3.8, 4) is 0 Å². The highest BCUT2D eigenvalue weighted by Crippen LogP contribution is 2.29. The molecule has 0 aliphatic carbocycles. The number of fused-ring (bicyclic) bond motifs is 1. The summed E-state index contributed by atoms with van der Waals surface area (Å²) in [6.07, 6.45) is 1.19. The number of rotatable bonds is 0. The Hall–Kier alpha value is -1.49. The van der Waals surface area contributed by atoms with Crippen molar-refractivity contribution in [3.63, 3.8) is 0 Å². The summed E-state index contributed by atoms with van der Waals surface area (Å²) in [5.41, 5.74) is 0.352. The molecular weight excluding hydrogens is 202 g/mol. The Balaban J connectivity index is 2.80. The van der Waals surface area contributed by atoms with Crippen LogP contribution in [0.3, 0.4) is 0 Å². The minimum absolute atomic E-state index is 0.0297. The lowest BCUT2D eigenvalue weighted by atomic mass is 10.2. The predicted octanol–water partition coefficient (Wildman–Crippen LogP) is 1.18. The Morgan fingerprint density at radius 2 is 1.93 bits per heavy atom. The molecule has 0 radical (unpaired) electrons. The molecule has 1 heterocycles. The van der Waals surface area contributed by atoms with E-state index >= 15 is 0 Å². The van der Waals surface area contributed by atoms with Gasteiger partial charge in [0, 0.05) is 12.6 Å². The van der Waals surface area contributed by atoms with Crippen molar-refractivity contribution >= 4 is 15.8 Å². The van der Waals surface area contributed by atoms with Crippen LogP contribution < -0.4 is 0 Å². The van der Waals surface area contributed by atoms with Gasteiger partial charge in [-0.05, 0) is 12.1 Å². The van der Waals surface area contributed by atoms with Crippen LogP contribution in [0.4, 0.5) is 0 Å². The summed E-state index contributed by atoms with van der Waals surface area (Å²) in [5.74, 6) is -0.0297. The minimum Gasteiger partial charge on any atom is -0.506 e. The Morgan fingerprint density at radius 3 is 2.64 bits per heavy atom. The molecule has 0 spiro atoms. The second kappa shape index (κ2) is 2.75. The Labute approximate surface area is 82.1 Å².